The number of halogens is 3. The SMILES string of the molecule is CC(C)Cn1c(=O)n(C)c(=O)c2c(C(O)c3ccsc3)c(Cc3ccccc3C(F)(F)F)sc21. The summed E-state index contributed by atoms with van der Waals surface area (Å²) in [5, 5.41) is 14.9. The minimum atomic E-state index is -4.55. The zero-order valence-corrected chi connectivity index (χ0v) is 20.4. The third-order valence-electron chi connectivity index (χ3n) is 5.64. The number of hydrogen-bond donors (Lipinski definition) is 1. The fourth-order valence-corrected chi connectivity index (χ4v) is 6.09. The molecule has 10 heteroatoms. The van der Waals surface area contributed by atoms with Crippen LogP contribution in [0.3, 0.4) is 0 Å². The monoisotopic (exact) mass is 508 g/mol. The van der Waals surface area contributed by atoms with E-state index in [2.05, 4.69) is 0 Å². The van der Waals surface area contributed by atoms with Gasteiger partial charge in [0, 0.05) is 30.5 Å². The highest BCUT2D eigenvalue weighted by Crippen LogP contribution is 2.40. The molecule has 0 saturated carbocycles. The normalized spacial score (nSPS) is 13.2. The van der Waals surface area contributed by atoms with Crippen molar-refractivity contribution < 1.29 is 18.3 Å². The molecule has 0 aliphatic heterocycles. The minimum absolute atomic E-state index is 0.0369. The summed E-state index contributed by atoms with van der Waals surface area (Å²) in [6, 6.07) is 6.98. The molecule has 0 radical (unpaired) electrons. The lowest BCUT2D eigenvalue weighted by molar-refractivity contribution is -0.138. The number of nitrogens with zero attached hydrogens (tertiary/aromatic N) is 2. The lowest BCUT2D eigenvalue weighted by Gasteiger charge is -2.15. The van der Waals surface area contributed by atoms with E-state index < -0.39 is 29.1 Å². The Hall–Kier alpha value is -2.69. The van der Waals surface area contributed by atoms with E-state index in [1.165, 1.54) is 41.2 Å². The number of hydrogen-bond acceptors (Lipinski definition) is 5. The Balaban J connectivity index is 2.04. The van der Waals surface area contributed by atoms with Gasteiger partial charge in [-0.1, -0.05) is 32.0 Å². The highest BCUT2D eigenvalue weighted by atomic mass is 32.1. The number of aliphatic hydroxyl groups is 1. The zero-order valence-electron chi connectivity index (χ0n) is 18.7. The number of fused-ring (bicyclic) bond motifs is 1. The van der Waals surface area contributed by atoms with Gasteiger partial charge in [0.15, 0.2) is 0 Å². The van der Waals surface area contributed by atoms with Crippen LogP contribution in [0.4, 0.5) is 13.2 Å². The molecule has 5 nitrogen and oxygen atoms in total. The topological polar surface area (TPSA) is 64.2 Å². The molecule has 0 aliphatic carbocycles. The van der Waals surface area contributed by atoms with Gasteiger partial charge in [0.1, 0.15) is 10.9 Å². The van der Waals surface area contributed by atoms with Gasteiger partial charge in [-0.25, -0.2) is 4.79 Å². The van der Waals surface area contributed by atoms with E-state index in [9.17, 15) is 27.9 Å². The van der Waals surface area contributed by atoms with Crippen molar-refractivity contribution >= 4 is 32.9 Å². The summed E-state index contributed by atoms with van der Waals surface area (Å²) in [6.07, 6.45) is -5.90. The molecule has 4 aromatic rings. The molecule has 0 bridgehead atoms. The molecular formula is C24H23F3N2O3S2. The Morgan fingerprint density at radius 2 is 1.82 bits per heavy atom. The highest BCUT2D eigenvalue weighted by molar-refractivity contribution is 7.19. The van der Waals surface area contributed by atoms with Crippen molar-refractivity contribution in [2.75, 3.05) is 0 Å². The number of thiophene rings is 2. The molecule has 1 aromatic carbocycles. The van der Waals surface area contributed by atoms with Crippen molar-refractivity contribution in [3.05, 3.63) is 89.1 Å². The molecule has 0 spiro atoms. The Morgan fingerprint density at radius 1 is 1.12 bits per heavy atom. The predicted molar refractivity (Wildman–Crippen MR) is 129 cm³/mol. The van der Waals surface area contributed by atoms with Crippen LogP contribution in [0.15, 0.2) is 50.7 Å². The van der Waals surface area contributed by atoms with E-state index in [-0.39, 0.29) is 28.9 Å². The van der Waals surface area contributed by atoms with E-state index >= 15 is 0 Å². The maximum atomic E-state index is 13.7. The molecule has 3 heterocycles. The van der Waals surface area contributed by atoms with Crippen LogP contribution >= 0.6 is 22.7 Å². The van der Waals surface area contributed by atoms with Crippen LogP contribution in [-0.4, -0.2) is 14.2 Å². The summed E-state index contributed by atoms with van der Waals surface area (Å²) in [6.45, 7) is 4.19. The molecule has 1 unspecified atom stereocenters. The number of rotatable bonds is 6. The molecule has 1 atom stereocenters. The first kappa shape index (κ1) is 24.4. The van der Waals surface area contributed by atoms with Gasteiger partial charge < -0.3 is 5.11 Å². The quantitative estimate of drug-likeness (QED) is 0.391. The van der Waals surface area contributed by atoms with Crippen LogP contribution in [0, 0.1) is 5.92 Å². The molecule has 0 amide bonds. The smallest absolute Gasteiger partial charge is 0.384 e. The van der Waals surface area contributed by atoms with Gasteiger partial charge >= 0.3 is 11.9 Å². The van der Waals surface area contributed by atoms with Gasteiger partial charge in [-0.15, -0.1) is 11.3 Å². The minimum Gasteiger partial charge on any atom is -0.384 e. The van der Waals surface area contributed by atoms with Crippen LogP contribution in [-0.2, 0) is 26.2 Å². The molecule has 34 heavy (non-hydrogen) atoms. The van der Waals surface area contributed by atoms with Crippen LogP contribution < -0.4 is 11.2 Å². The van der Waals surface area contributed by atoms with Gasteiger partial charge in [-0.05, 0) is 39.9 Å². The Morgan fingerprint density at radius 3 is 2.44 bits per heavy atom. The average molecular weight is 509 g/mol. The summed E-state index contributed by atoms with van der Waals surface area (Å²) in [7, 11) is 1.37. The Kier molecular flexibility index (Phi) is 6.58. The third-order valence-corrected chi connectivity index (χ3v) is 7.57. The maximum absolute atomic E-state index is 13.7. The number of alkyl halides is 3. The first-order valence-electron chi connectivity index (χ1n) is 10.6. The van der Waals surface area contributed by atoms with Gasteiger partial charge in [0.25, 0.3) is 5.56 Å². The molecule has 0 saturated heterocycles. The summed E-state index contributed by atoms with van der Waals surface area (Å²) < 4.78 is 43.5. The van der Waals surface area contributed by atoms with Crippen LogP contribution in [0.5, 0.6) is 0 Å². The summed E-state index contributed by atoms with van der Waals surface area (Å²) in [5.74, 6) is 0.0835. The molecule has 4 rings (SSSR count). The molecule has 0 aliphatic rings. The predicted octanol–water partition coefficient (Wildman–Crippen LogP) is 5.17. The summed E-state index contributed by atoms with van der Waals surface area (Å²) in [4.78, 5) is 27.0. The van der Waals surface area contributed by atoms with Crippen molar-refractivity contribution in [1.82, 2.24) is 9.13 Å². The fourth-order valence-electron chi connectivity index (χ4n) is 4.06. The van der Waals surface area contributed by atoms with Gasteiger partial charge in [-0.2, -0.15) is 24.5 Å². The van der Waals surface area contributed by atoms with Crippen LogP contribution in [0.2, 0.25) is 0 Å². The Bertz CT molecular complexity index is 1450. The second kappa shape index (κ2) is 9.16. The van der Waals surface area contributed by atoms with Crippen molar-refractivity contribution in [1.29, 1.82) is 0 Å². The molecular weight excluding hydrogens is 485 g/mol. The zero-order chi connectivity index (χ0) is 24.8. The number of aromatic nitrogens is 2. The third kappa shape index (κ3) is 4.37. The summed E-state index contributed by atoms with van der Waals surface area (Å²) >= 11 is 2.46. The molecule has 0 fully saturated rings. The fraction of sp³-hybridized carbons (Fsp3) is 0.333. The molecule has 1 N–H and O–H groups in total. The van der Waals surface area contributed by atoms with Crippen molar-refractivity contribution in [3.8, 4) is 0 Å². The molecule has 3 aromatic heterocycles. The van der Waals surface area contributed by atoms with E-state index in [4.69, 9.17) is 0 Å². The van der Waals surface area contributed by atoms with Crippen LogP contribution in [0.25, 0.3) is 10.2 Å². The second-order valence-electron chi connectivity index (χ2n) is 8.56. The van der Waals surface area contributed by atoms with Gasteiger partial charge in [-0.3, -0.25) is 13.9 Å². The average Bonchev–Trinajstić information content (AvgIpc) is 3.43. The Labute approximate surface area is 201 Å². The van der Waals surface area contributed by atoms with Crippen LogP contribution in [0.1, 0.15) is 47.1 Å². The first-order valence-corrected chi connectivity index (χ1v) is 12.4. The lowest BCUT2D eigenvalue weighted by Crippen LogP contribution is -2.38. The number of aliphatic hydroxyl groups excluding tert-OH is 1. The molecule has 180 valence electrons. The highest BCUT2D eigenvalue weighted by Gasteiger charge is 2.34. The van der Waals surface area contributed by atoms with E-state index in [1.54, 1.807) is 16.8 Å². The van der Waals surface area contributed by atoms with E-state index in [0.717, 1.165) is 22.0 Å². The summed E-state index contributed by atoms with van der Waals surface area (Å²) in [5.41, 5.74) is -1.000. The van der Waals surface area contributed by atoms with E-state index in [0.29, 0.717) is 21.8 Å². The number of benzene rings is 1. The van der Waals surface area contributed by atoms with Crippen molar-refractivity contribution in [3.63, 3.8) is 0 Å². The van der Waals surface area contributed by atoms with E-state index in [1.807, 2.05) is 13.8 Å². The van der Waals surface area contributed by atoms with Crippen molar-refractivity contribution in [2.45, 2.75) is 39.1 Å². The first-order chi connectivity index (χ1) is 16.0. The lowest BCUT2D eigenvalue weighted by atomic mass is 9.97. The standard InChI is InChI=1S/C24H23F3N2O3S2/c1-13(2)11-29-22-19(21(31)28(3)23(29)32)18(20(30)15-8-9-33-12-15)17(34-22)10-14-6-4-5-7-16(14)24(25,26)27/h4-9,12-13,20,30H,10-11H2,1-3H3. The largest absolute Gasteiger partial charge is 0.416 e. The maximum Gasteiger partial charge on any atom is 0.416 e. The van der Waals surface area contributed by atoms with Gasteiger partial charge in [0.05, 0.1) is 10.9 Å². The van der Waals surface area contributed by atoms with Crippen molar-refractivity contribution in [2.24, 2.45) is 13.0 Å². The second-order valence-corrected chi connectivity index (χ2v) is 10.4. The van der Waals surface area contributed by atoms with Gasteiger partial charge in [0.2, 0.25) is 0 Å².